The molecule has 0 saturated carbocycles. The number of rotatable bonds is 2. The van der Waals surface area contributed by atoms with Crippen LogP contribution < -0.4 is 0 Å². The maximum Gasteiger partial charge on any atom is 0.419 e. The van der Waals surface area contributed by atoms with E-state index < -0.39 is 34.8 Å². The van der Waals surface area contributed by atoms with Gasteiger partial charge in [0, 0.05) is 6.07 Å². The van der Waals surface area contributed by atoms with Gasteiger partial charge in [-0.05, 0) is 12.1 Å². The number of carbonyl (C=O) groups is 1. The minimum absolute atomic E-state index is 0.388. The van der Waals surface area contributed by atoms with Crippen LogP contribution in [-0.2, 0) is 6.18 Å². The summed E-state index contributed by atoms with van der Waals surface area (Å²) in [5.74, 6) is -3.36. The van der Waals surface area contributed by atoms with E-state index in [1.54, 1.807) is 0 Å². The summed E-state index contributed by atoms with van der Waals surface area (Å²) in [6.07, 6.45) is -4.85. The molecule has 1 N–H and O–H groups in total. The quantitative estimate of drug-likeness (QED) is 0.855. The Morgan fingerprint density at radius 2 is 2.00 bits per heavy atom. The summed E-state index contributed by atoms with van der Waals surface area (Å²) in [7, 11) is 0. The first-order valence-electron chi connectivity index (χ1n) is 4.87. The third-order valence-corrected chi connectivity index (χ3v) is 2.30. The molecule has 100 valence electrons. The van der Waals surface area contributed by atoms with Crippen LogP contribution in [0.25, 0.3) is 11.3 Å². The van der Waals surface area contributed by atoms with Gasteiger partial charge in [0.25, 0.3) is 0 Å². The van der Waals surface area contributed by atoms with Gasteiger partial charge < -0.3 is 9.63 Å². The molecule has 0 aliphatic heterocycles. The maximum absolute atomic E-state index is 13.7. The van der Waals surface area contributed by atoms with Gasteiger partial charge in [-0.3, -0.25) is 0 Å². The number of halogens is 4. The topological polar surface area (TPSA) is 63.3 Å². The Morgan fingerprint density at radius 3 is 2.53 bits per heavy atom. The average molecular weight is 275 g/mol. The predicted octanol–water partition coefficient (Wildman–Crippen LogP) is 3.20. The number of aromatic carboxylic acids is 1. The third-order valence-electron chi connectivity index (χ3n) is 2.30. The Labute approximate surface area is 103 Å². The van der Waals surface area contributed by atoms with Crippen LogP contribution in [0.2, 0.25) is 0 Å². The lowest BCUT2D eigenvalue weighted by Gasteiger charge is -2.09. The van der Waals surface area contributed by atoms with Crippen LogP contribution in [0, 0.1) is 5.82 Å². The molecular weight excluding hydrogens is 270 g/mol. The van der Waals surface area contributed by atoms with Crippen molar-refractivity contribution >= 4 is 5.97 Å². The van der Waals surface area contributed by atoms with E-state index in [2.05, 4.69) is 9.68 Å². The summed E-state index contributed by atoms with van der Waals surface area (Å²) in [5.41, 5.74) is -2.49. The van der Waals surface area contributed by atoms with Crippen LogP contribution >= 0.6 is 0 Å². The largest absolute Gasteiger partial charge is 0.476 e. The van der Waals surface area contributed by atoms with Crippen molar-refractivity contribution < 1.29 is 32.0 Å². The molecule has 0 unspecified atom stereocenters. The molecule has 4 nitrogen and oxygen atoms in total. The highest BCUT2D eigenvalue weighted by Crippen LogP contribution is 2.35. The van der Waals surface area contributed by atoms with Gasteiger partial charge in [-0.2, -0.15) is 13.2 Å². The van der Waals surface area contributed by atoms with E-state index in [9.17, 15) is 22.4 Å². The van der Waals surface area contributed by atoms with Crippen LogP contribution in [-0.4, -0.2) is 16.2 Å². The van der Waals surface area contributed by atoms with E-state index in [1.807, 2.05) is 0 Å². The number of alkyl halides is 3. The fourth-order valence-corrected chi connectivity index (χ4v) is 1.44. The Hall–Kier alpha value is -2.38. The van der Waals surface area contributed by atoms with Crippen molar-refractivity contribution in [2.45, 2.75) is 6.18 Å². The van der Waals surface area contributed by atoms with Crippen LogP contribution in [0.5, 0.6) is 0 Å². The predicted molar refractivity (Wildman–Crippen MR) is 53.9 cm³/mol. The van der Waals surface area contributed by atoms with Crippen LogP contribution in [0.3, 0.4) is 0 Å². The summed E-state index contributed by atoms with van der Waals surface area (Å²) >= 11 is 0. The first kappa shape index (κ1) is 13.1. The average Bonchev–Trinajstić information content (AvgIpc) is 2.77. The van der Waals surface area contributed by atoms with E-state index in [1.165, 1.54) is 0 Å². The highest BCUT2D eigenvalue weighted by molar-refractivity contribution is 5.86. The molecule has 19 heavy (non-hydrogen) atoms. The monoisotopic (exact) mass is 275 g/mol. The summed E-state index contributed by atoms with van der Waals surface area (Å²) in [5, 5.41) is 11.7. The molecule has 8 heteroatoms. The van der Waals surface area contributed by atoms with Crippen molar-refractivity contribution in [3.05, 3.63) is 41.3 Å². The second kappa shape index (κ2) is 4.38. The van der Waals surface area contributed by atoms with E-state index in [0.717, 1.165) is 18.2 Å². The summed E-state index contributed by atoms with van der Waals surface area (Å²) in [4.78, 5) is 10.6. The third kappa shape index (κ3) is 2.42. The van der Waals surface area contributed by atoms with Crippen molar-refractivity contribution in [1.82, 2.24) is 5.16 Å². The lowest BCUT2D eigenvalue weighted by molar-refractivity contribution is -0.139. The van der Waals surface area contributed by atoms with Crippen molar-refractivity contribution in [2.75, 3.05) is 0 Å². The van der Waals surface area contributed by atoms with Gasteiger partial charge >= 0.3 is 12.1 Å². The highest BCUT2D eigenvalue weighted by atomic mass is 19.4. The van der Waals surface area contributed by atoms with Gasteiger partial charge in [0.05, 0.1) is 11.1 Å². The smallest absolute Gasteiger partial charge is 0.419 e. The molecule has 0 aliphatic carbocycles. The van der Waals surface area contributed by atoms with Gasteiger partial charge in [-0.25, -0.2) is 9.18 Å². The summed E-state index contributed by atoms with van der Waals surface area (Å²) in [6, 6.07) is 3.45. The number of hydrogen-bond donors (Lipinski definition) is 1. The number of benzene rings is 1. The molecule has 0 fully saturated rings. The Balaban J connectivity index is 2.54. The van der Waals surface area contributed by atoms with Crippen molar-refractivity contribution in [3.63, 3.8) is 0 Å². The summed E-state index contributed by atoms with van der Waals surface area (Å²) in [6.45, 7) is 0. The molecular formula is C11H5F4NO3. The number of carboxylic acids is 1. The molecule has 0 saturated heterocycles. The van der Waals surface area contributed by atoms with Gasteiger partial charge in [-0.1, -0.05) is 11.2 Å². The standard InChI is InChI=1S/C11H5F4NO3/c12-9-5(2-1-3-6(9)11(13,14)15)8-4-7(10(17)18)16-19-8/h1-4H,(H,17,18). The lowest BCUT2D eigenvalue weighted by atomic mass is 10.1. The molecule has 0 aliphatic rings. The fraction of sp³-hybridized carbons (Fsp3) is 0.0909. The molecule has 0 radical (unpaired) electrons. The first-order valence-corrected chi connectivity index (χ1v) is 4.87. The minimum Gasteiger partial charge on any atom is -0.476 e. The zero-order valence-electron chi connectivity index (χ0n) is 9.03. The number of carboxylic acid groups (broad SMARTS) is 1. The van der Waals surface area contributed by atoms with Crippen LogP contribution in [0.1, 0.15) is 16.1 Å². The van der Waals surface area contributed by atoms with Crippen molar-refractivity contribution in [3.8, 4) is 11.3 Å². The van der Waals surface area contributed by atoms with Gasteiger partial charge in [0.2, 0.25) is 0 Å². The van der Waals surface area contributed by atoms with Gasteiger partial charge in [0.1, 0.15) is 5.82 Å². The lowest BCUT2D eigenvalue weighted by Crippen LogP contribution is -2.08. The van der Waals surface area contributed by atoms with Gasteiger partial charge in [-0.15, -0.1) is 0 Å². The first-order chi connectivity index (χ1) is 8.80. The molecule has 1 aromatic heterocycles. The van der Waals surface area contributed by atoms with Gasteiger partial charge in [0.15, 0.2) is 11.5 Å². The molecule has 1 heterocycles. The molecule has 1 aromatic carbocycles. The van der Waals surface area contributed by atoms with Crippen molar-refractivity contribution in [1.29, 1.82) is 0 Å². The van der Waals surface area contributed by atoms with Crippen molar-refractivity contribution in [2.24, 2.45) is 0 Å². The number of aromatic nitrogens is 1. The molecule has 0 bridgehead atoms. The Kier molecular flexibility index (Phi) is 3.01. The van der Waals surface area contributed by atoms with Crippen LogP contribution in [0.4, 0.5) is 17.6 Å². The van der Waals surface area contributed by atoms with E-state index in [4.69, 9.17) is 5.11 Å². The van der Waals surface area contributed by atoms with E-state index in [0.29, 0.717) is 6.07 Å². The molecule has 0 amide bonds. The molecule has 2 aromatic rings. The normalized spacial score (nSPS) is 11.6. The molecule has 0 spiro atoms. The molecule has 2 rings (SSSR count). The second-order valence-corrected chi connectivity index (χ2v) is 3.55. The van der Waals surface area contributed by atoms with Crippen LogP contribution in [0.15, 0.2) is 28.8 Å². The van der Waals surface area contributed by atoms with E-state index in [-0.39, 0.29) is 5.76 Å². The molecule has 0 atom stereocenters. The maximum atomic E-state index is 13.7. The fourth-order valence-electron chi connectivity index (χ4n) is 1.44. The zero-order chi connectivity index (χ0) is 14.2. The Bertz CT molecular complexity index is 633. The highest BCUT2D eigenvalue weighted by Gasteiger charge is 2.35. The SMILES string of the molecule is O=C(O)c1cc(-c2cccc(C(F)(F)F)c2F)on1. The number of hydrogen-bond acceptors (Lipinski definition) is 3. The second-order valence-electron chi connectivity index (χ2n) is 3.55. The zero-order valence-corrected chi connectivity index (χ0v) is 9.03. The minimum atomic E-state index is -4.85. The number of nitrogens with zero attached hydrogens (tertiary/aromatic N) is 1. The Morgan fingerprint density at radius 1 is 1.32 bits per heavy atom. The summed E-state index contributed by atoms with van der Waals surface area (Å²) < 4.78 is 55.7. The van der Waals surface area contributed by atoms with E-state index >= 15 is 0 Å².